The number of nitrogen functional groups attached to an aromatic ring is 1. The third kappa shape index (κ3) is 2.73. The molecule has 0 amide bonds. The number of aryl methyl sites for hydroxylation is 1. The minimum Gasteiger partial charge on any atom is -0.465 e. The van der Waals surface area contributed by atoms with Gasteiger partial charge in [0.15, 0.2) is 5.16 Å². The van der Waals surface area contributed by atoms with Gasteiger partial charge in [0, 0.05) is 17.6 Å². The van der Waals surface area contributed by atoms with Crippen LogP contribution in [-0.4, -0.2) is 27.8 Å². The fraction of sp³-hybridized carbons (Fsp3) is 0.250. The molecule has 8 heteroatoms. The largest absolute Gasteiger partial charge is 0.465 e. The van der Waals surface area contributed by atoms with Crippen LogP contribution in [0.15, 0.2) is 22.2 Å². The average molecular weight is 313 g/mol. The van der Waals surface area contributed by atoms with Gasteiger partial charge in [0.2, 0.25) is 0 Å². The highest BCUT2D eigenvalue weighted by Crippen LogP contribution is 2.37. The van der Waals surface area contributed by atoms with Gasteiger partial charge in [-0.25, -0.2) is 4.79 Å². The summed E-state index contributed by atoms with van der Waals surface area (Å²) >= 11 is 7.42. The highest BCUT2D eigenvalue weighted by molar-refractivity contribution is 7.99. The van der Waals surface area contributed by atoms with Crippen LogP contribution in [0.1, 0.15) is 16.2 Å². The lowest BCUT2D eigenvalue weighted by molar-refractivity contribution is 0.0597. The Morgan fingerprint density at radius 2 is 2.15 bits per heavy atom. The summed E-state index contributed by atoms with van der Waals surface area (Å²) in [6, 6.07) is 3.11. The van der Waals surface area contributed by atoms with Crippen molar-refractivity contribution >= 4 is 35.0 Å². The Kier molecular flexibility index (Phi) is 4.20. The van der Waals surface area contributed by atoms with Crippen LogP contribution in [0.2, 0.25) is 5.02 Å². The Labute approximate surface area is 125 Å². The van der Waals surface area contributed by atoms with E-state index < -0.39 is 5.97 Å². The molecule has 0 bridgehead atoms. The molecule has 1 aromatic heterocycles. The first-order valence-electron chi connectivity index (χ1n) is 5.65. The molecule has 2 aromatic rings. The number of hydrogen-bond acceptors (Lipinski definition) is 6. The van der Waals surface area contributed by atoms with Gasteiger partial charge in [-0.05, 0) is 30.8 Å². The molecule has 0 aliphatic carbocycles. The first kappa shape index (κ1) is 14.7. The number of methoxy groups -OCH3 is 1. The molecule has 0 saturated carbocycles. The number of ether oxygens (including phenoxy) is 1. The van der Waals surface area contributed by atoms with Gasteiger partial charge in [-0.2, -0.15) is 0 Å². The van der Waals surface area contributed by atoms with Crippen molar-refractivity contribution in [2.45, 2.75) is 17.0 Å². The molecule has 0 unspecified atom stereocenters. The Balaban J connectivity index is 2.50. The molecule has 2 rings (SSSR count). The fourth-order valence-corrected chi connectivity index (χ4v) is 2.83. The highest BCUT2D eigenvalue weighted by atomic mass is 35.5. The second kappa shape index (κ2) is 5.72. The summed E-state index contributed by atoms with van der Waals surface area (Å²) in [6.45, 7) is 1.84. The summed E-state index contributed by atoms with van der Waals surface area (Å²) < 4.78 is 6.55. The Morgan fingerprint density at radius 1 is 1.45 bits per heavy atom. The van der Waals surface area contributed by atoms with Gasteiger partial charge in [0.25, 0.3) is 0 Å². The van der Waals surface area contributed by atoms with E-state index in [2.05, 4.69) is 10.2 Å². The number of esters is 1. The third-order valence-corrected chi connectivity index (χ3v) is 4.31. The molecule has 0 aliphatic rings. The lowest BCUT2D eigenvalue weighted by Gasteiger charge is -2.10. The van der Waals surface area contributed by atoms with E-state index in [4.69, 9.17) is 22.1 Å². The van der Waals surface area contributed by atoms with E-state index in [9.17, 15) is 4.79 Å². The molecule has 1 heterocycles. The van der Waals surface area contributed by atoms with Crippen molar-refractivity contribution in [3.63, 3.8) is 0 Å². The molecule has 0 saturated heterocycles. The molecular formula is C12H13ClN4O2S. The van der Waals surface area contributed by atoms with Gasteiger partial charge in [0.1, 0.15) is 5.82 Å². The second-order valence-electron chi connectivity index (χ2n) is 4.06. The normalized spacial score (nSPS) is 10.6. The van der Waals surface area contributed by atoms with Gasteiger partial charge < -0.3 is 15.0 Å². The van der Waals surface area contributed by atoms with Gasteiger partial charge in [0.05, 0.1) is 17.7 Å². The predicted molar refractivity (Wildman–Crippen MR) is 77.1 cm³/mol. The summed E-state index contributed by atoms with van der Waals surface area (Å²) in [4.78, 5) is 12.4. The molecule has 0 spiro atoms. The average Bonchev–Trinajstić information content (AvgIpc) is 2.72. The van der Waals surface area contributed by atoms with Crippen LogP contribution in [0.25, 0.3) is 0 Å². The van der Waals surface area contributed by atoms with E-state index in [1.807, 2.05) is 14.0 Å². The maximum absolute atomic E-state index is 11.8. The number of hydrogen-bond donors (Lipinski definition) is 1. The van der Waals surface area contributed by atoms with Gasteiger partial charge in [-0.15, -0.1) is 10.2 Å². The summed E-state index contributed by atoms with van der Waals surface area (Å²) in [5.74, 6) is 0.263. The Hall–Kier alpha value is -1.73. The molecule has 106 valence electrons. The van der Waals surface area contributed by atoms with E-state index >= 15 is 0 Å². The quantitative estimate of drug-likeness (QED) is 0.691. The molecule has 2 N–H and O–H groups in total. The topological polar surface area (TPSA) is 83.0 Å². The van der Waals surface area contributed by atoms with Crippen LogP contribution in [0, 0.1) is 6.92 Å². The number of carbonyl (C=O) groups excluding carboxylic acids is 1. The number of anilines is 1. The number of carbonyl (C=O) groups is 1. The molecular weight excluding hydrogens is 300 g/mol. The Bertz CT molecular complexity index is 672. The van der Waals surface area contributed by atoms with Crippen LogP contribution in [0.4, 0.5) is 5.69 Å². The third-order valence-electron chi connectivity index (χ3n) is 2.72. The van der Waals surface area contributed by atoms with Crippen molar-refractivity contribution in [2.24, 2.45) is 7.05 Å². The van der Waals surface area contributed by atoms with Crippen LogP contribution < -0.4 is 5.73 Å². The number of rotatable bonds is 3. The monoisotopic (exact) mass is 312 g/mol. The van der Waals surface area contributed by atoms with Gasteiger partial charge in [-0.3, -0.25) is 0 Å². The molecule has 1 aromatic carbocycles. The molecule has 6 nitrogen and oxygen atoms in total. The smallest absolute Gasteiger partial charge is 0.339 e. The number of benzene rings is 1. The van der Waals surface area contributed by atoms with Crippen molar-refractivity contribution in [3.8, 4) is 0 Å². The van der Waals surface area contributed by atoms with E-state index in [1.54, 1.807) is 10.6 Å². The number of aromatic nitrogens is 3. The molecule has 0 radical (unpaired) electrons. The second-order valence-corrected chi connectivity index (χ2v) is 5.45. The lowest BCUT2D eigenvalue weighted by Crippen LogP contribution is -2.05. The van der Waals surface area contributed by atoms with Gasteiger partial charge >= 0.3 is 5.97 Å². The predicted octanol–water partition coefficient (Wildman–Crippen LogP) is 2.30. The molecule has 20 heavy (non-hydrogen) atoms. The van der Waals surface area contributed by atoms with E-state index in [0.29, 0.717) is 26.3 Å². The molecule has 0 aliphatic heterocycles. The number of nitrogens with two attached hydrogens (primary N) is 1. The lowest BCUT2D eigenvalue weighted by atomic mass is 10.2. The number of nitrogens with zero attached hydrogens (tertiary/aromatic N) is 3. The van der Waals surface area contributed by atoms with Crippen LogP contribution >= 0.6 is 23.4 Å². The van der Waals surface area contributed by atoms with Crippen molar-refractivity contribution in [1.29, 1.82) is 0 Å². The maximum atomic E-state index is 11.8. The zero-order valence-electron chi connectivity index (χ0n) is 11.2. The summed E-state index contributed by atoms with van der Waals surface area (Å²) in [6.07, 6.45) is 0. The van der Waals surface area contributed by atoms with Crippen LogP contribution in [-0.2, 0) is 11.8 Å². The maximum Gasteiger partial charge on any atom is 0.339 e. The number of halogens is 1. The minimum absolute atomic E-state index is 0.308. The van der Waals surface area contributed by atoms with E-state index in [0.717, 1.165) is 5.82 Å². The first-order valence-corrected chi connectivity index (χ1v) is 6.84. The van der Waals surface area contributed by atoms with Crippen molar-refractivity contribution in [3.05, 3.63) is 28.5 Å². The standard InChI is InChI=1S/C12H13ClN4O2S/c1-6-15-16-12(17(6)2)20-10-8(11(18)19-3)4-7(14)5-9(10)13/h4-5H,14H2,1-3H3. The van der Waals surface area contributed by atoms with Crippen LogP contribution in [0.3, 0.4) is 0 Å². The highest BCUT2D eigenvalue weighted by Gasteiger charge is 2.19. The Morgan fingerprint density at radius 3 is 2.70 bits per heavy atom. The summed E-state index contributed by atoms with van der Waals surface area (Å²) in [5, 5.41) is 8.99. The zero-order chi connectivity index (χ0) is 14.9. The molecule has 0 fully saturated rings. The van der Waals surface area contributed by atoms with E-state index in [-0.39, 0.29) is 0 Å². The van der Waals surface area contributed by atoms with E-state index in [1.165, 1.54) is 24.9 Å². The summed E-state index contributed by atoms with van der Waals surface area (Å²) in [7, 11) is 3.14. The molecule has 0 atom stereocenters. The SMILES string of the molecule is COC(=O)c1cc(N)cc(Cl)c1Sc1nnc(C)n1C. The minimum atomic E-state index is -0.499. The summed E-state index contributed by atoms with van der Waals surface area (Å²) in [5.41, 5.74) is 6.42. The van der Waals surface area contributed by atoms with Crippen molar-refractivity contribution < 1.29 is 9.53 Å². The van der Waals surface area contributed by atoms with Crippen molar-refractivity contribution in [1.82, 2.24) is 14.8 Å². The van der Waals surface area contributed by atoms with Crippen LogP contribution in [0.5, 0.6) is 0 Å². The van der Waals surface area contributed by atoms with Gasteiger partial charge in [-0.1, -0.05) is 11.6 Å². The zero-order valence-corrected chi connectivity index (χ0v) is 12.7. The fourth-order valence-electron chi connectivity index (χ4n) is 1.55. The first-order chi connectivity index (χ1) is 9.43. The van der Waals surface area contributed by atoms with Crippen molar-refractivity contribution in [2.75, 3.05) is 12.8 Å².